The van der Waals surface area contributed by atoms with E-state index < -0.39 is 0 Å². The molecule has 1 atom stereocenters. The fourth-order valence-corrected chi connectivity index (χ4v) is 5.65. The van der Waals surface area contributed by atoms with E-state index in [0.717, 1.165) is 54.6 Å². The number of halogens is 3. The van der Waals surface area contributed by atoms with E-state index in [0.29, 0.717) is 6.04 Å². The summed E-state index contributed by atoms with van der Waals surface area (Å²) in [6.07, 6.45) is 10.6. The third kappa shape index (κ3) is 10.3. The number of unbranched alkanes of at least 4 members (excludes halogenated alkanes) is 3. The van der Waals surface area contributed by atoms with Gasteiger partial charge in [0.2, 0.25) is 0 Å². The molecule has 3 rings (SSSR count). The van der Waals surface area contributed by atoms with Gasteiger partial charge in [-0.3, -0.25) is 0 Å². The number of fused-ring (bicyclic) bond motifs is 1. The van der Waals surface area contributed by atoms with Gasteiger partial charge < -0.3 is 24.4 Å². The standard InChI is InChI=1S/C30H45ClN2O3.2ClH/c1-5-17-33(26-11-12-28-24(21-26)10-13-29(35-3)30(28)36-4)18-9-7-6-8-15-32-16-14-23-19-25(31)22-27(20-23)34-2;;/h10,13,19-20,22,26,32H,5-9,11-12,14-18,21H2,1-4H3;2*1H. The molecule has 0 amide bonds. The minimum absolute atomic E-state index is 0. The van der Waals surface area contributed by atoms with Crippen LogP contribution in [-0.2, 0) is 19.3 Å². The molecule has 5 nitrogen and oxygen atoms in total. The lowest BCUT2D eigenvalue weighted by atomic mass is 9.86. The number of methoxy groups -OCH3 is 3. The Morgan fingerprint density at radius 2 is 1.71 bits per heavy atom. The molecule has 216 valence electrons. The monoisotopic (exact) mass is 588 g/mol. The van der Waals surface area contributed by atoms with Crippen LogP contribution < -0.4 is 19.5 Å². The minimum Gasteiger partial charge on any atom is -0.497 e. The molecule has 0 spiro atoms. The molecule has 0 radical (unpaired) electrons. The van der Waals surface area contributed by atoms with E-state index in [1.54, 1.807) is 21.3 Å². The van der Waals surface area contributed by atoms with Crippen molar-refractivity contribution in [3.05, 3.63) is 52.0 Å². The average Bonchev–Trinajstić information content (AvgIpc) is 2.90. The molecular weight excluding hydrogens is 543 g/mol. The summed E-state index contributed by atoms with van der Waals surface area (Å²) in [5.41, 5.74) is 3.98. The minimum atomic E-state index is 0. The van der Waals surface area contributed by atoms with E-state index in [1.165, 1.54) is 68.3 Å². The van der Waals surface area contributed by atoms with Gasteiger partial charge in [0.05, 0.1) is 21.3 Å². The van der Waals surface area contributed by atoms with Crippen molar-refractivity contribution in [1.82, 2.24) is 10.2 Å². The van der Waals surface area contributed by atoms with Crippen LogP contribution in [0.3, 0.4) is 0 Å². The molecule has 0 aliphatic heterocycles. The highest BCUT2D eigenvalue weighted by atomic mass is 35.5. The van der Waals surface area contributed by atoms with E-state index in [2.05, 4.69) is 35.3 Å². The number of rotatable bonds is 16. The maximum Gasteiger partial charge on any atom is 0.164 e. The van der Waals surface area contributed by atoms with Gasteiger partial charge in [-0.25, -0.2) is 0 Å². The number of hydrogen-bond acceptors (Lipinski definition) is 5. The third-order valence-electron chi connectivity index (χ3n) is 7.26. The van der Waals surface area contributed by atoms with Gasteiger partial charge >= 0.3 is 0 Å². The van der Waals surface area contributed by atoms with Crippen molar-refractivity contribution >= 4 is 36.4 Å². The Labute approximate surface area is 247 Å². The molecule has 2 aromatic rings. The zero-order chi connectivity index (χ0) is 25.8. The van der Waals surface area contributed by atoms with Crippen LogP contribution in [0, 0.1) is 0 Å². The van der Waals surface area contributed by atoms with E-state index in [-0.39, 0.29) is 24.8 Å². The highest BCUT2D eigenvalue weighted by Gasteiger charge is 2.27. The van der Waals surface area contributed by atoms with Crippen LogP contribution in [0.4, 0.5) is 0 Å². The number of hydrogen-bond donors (Lipinski definition) is 1. The lowest BCUT2D eigenvalue weighted by Crippen LogP contribution is -2.40. The van der Waals surface area contributed by atoms with Crippen molar-refractivity contribution < 1.29 is 14.2 Å². The summed E-state index contributed by atoms with van der Waals surface area (Å²) in [5.74, 6) is 2.60. The van der Waals surface area contributed by atoms with Gasteiger partial charge in [-0.15, -0.1) is 24.8 Å². The molecule has 38 heavy (non-hydrogen) atoms. The highest BCUT2D eigenvalue weighted by Crippen LogP contribution is 2.38. The van der Waals surface area contributed by atoms with Crippen molar-refractivity contribution in [3.63, 3.8) is 0 Å². The first-order chi connectivity index (χ1) is 17.6. The van der Waals surface area contributed by atoms with Crippen molar-refractivity contribution in [2.75, 3.05) is 47.5 Å². The zero-order valence-electron chi connectivity index (χ0n) is 23.5. The first-order valence-electron chi connectivity index (χ1n) is 13.6. The number of ether oxygens (including phenoxy) is 3. The first-order valence-corrected chi connectivity index (χ1v) is 14.0. The zero-order valence-corrected chi connectivity index (χ0v) is 25.9. The molecule has 0 fully saturated rings. The van der Waals surface area contributed by atoms with E-state index in [4.69, 9.17) is 25.8 Å². The normalized spacial score (nSPS) is 14.3. The fourth-order valence-electron chi connectivity index (χ4n) is 5.40. The molecule has 1 unspecified atom stereocenters. The topological polar surface area (TPSA) is 43.0 Å². The summed E-state index contributed by atoms with van der Waals surface area (Å²) in [7, 11) is 5.14. The summed E-state index contributed by atoms with van der Waals surface area (Å²) in [6, 6.07) is 10.9. The molecule has 0 bridgehead atoms. The maximum atomic E-state index is 6.16. The Morgan fingerprint density at radius 3 is 2.42 bits per heavy atom. The Kier molecular flexibility index (Phi) is 17.2. The smallest absolute Gasteiger partial charge is 0.164 e. The molecule has 1 aliphatic rings. The highest BCUT2D eigenvalue weighted by molar-refractivity contribution is 6.30. The van der Waals surface area contributed by atoms with Gasteiger partial charge in [0, 0.05) is 16.6 Å². The van der Waals surface area contributed by atoms with Gasteiger partial charge in [-0.1, -0.05) is 37.4 Å². The number of benzene rings is 2. The Morgan fingerprint density at radius 1 is 0.921 bits per heavy atom. The lowest BCUT2D eigenvalue weighted by Gasteiger charge is -2.36. The van der Waals surface area contributed by atoms with Gasteiger partial charge in [0.25, 0.3) is 0 Å². The van der Waals surface area contributed by atoms with Gasteiger partial charge in [0.1, 0.15) is 5.75 Å². The molecule has 0 saturated heterocycles. The van der Waals surface area contributed by atoms with Crippen LogP contribution in [0.5, 0.6) is 17.2 Å². The molecule has 0 aromatic heterocycles. The van der Waals surface area contributed by atoms with Crippen molar-refractivity contribution in [2.24, 2.45) is 0 Å². The van der Waals surface area contributed by atoms with Crippen LogP contribution in [0.15, 0.2) is 30.3 Å². The SMILES string of the molecule is CCCN(CCCCCCNCCc1cc(Cl)cc(OC)c1)C1CCc2c(ccc(OC)c2OC)C1.Cl.Cl. The molecule has 1 aliphatic carbocycles. The van der Waals surface area contributed by atoms with Crippen molar-refractivity contribution in [1.29, 1.82) is 0 Å². The van der Waals surface area contributed by atoms with E-state index >= 15 is 0 Å². The summed E-state index contributed by atoms with van der Waals surface area (Å²) < 4.78 is 16.5. The van der Waals surface area contributed by atoms with Gasteiger partial charge in [-0.2, -0.15) is 0 Å². The number of nitrogens with zero attached hydrogens (tertiary/aromatic N) is 1. The second kappa shape index (κ2) is 18.8. The molecule has 2 aromatic carbocycles. The third-order valence-corrected chi connectivity index (χ3v) is 7.48. The largest absolute Gasteiger partial charge is 0.497 e. The molecule has 1 N–H and O–H groups in total. The lowest BCUT2D eigenvalue weighted by molar-refractivity contribution is 0.175. The Hall–Kier alpha value is -1.37. The van der Waals surface area contributed by atoms with Gasteiger partial charge in [-0.05, 0) is 107 Å². The first kappa shape index (κ1) is 34.7. The van der Waals surface area contributed by atoms with Crippen LogP contribution >= 0.6 is 36.4 Å². The van der Waals surface area contributed by atoms with Crippen LogP contribution in [-0.4, -0.2) is 58.5 Å². The Balaban J connectivity index is 0.00000361. The second-order valence-electron chi connectivity index (χ2n) is 9.78. The van der Waals surface area contributed by atoms with E-state index in [1.807, 2.05) is 12.1 Å². The number of nitrogens with one attached hydrogen (secondary N) is 1. The molecule has 0 heterocycles. The van der Waals surface area contributed by atoms with E-state index in [9.17, 15) is 0 Å². The average molecular weight is 590 g/mol. The quantitative estimate of drug-likeness (QED) is 0.210. The summed E-state index contributed by atoms with van der Waals surface area (Å²) in [6.45, 7) is 6.71. The predicted molar refractivity (Wildman–Crippen MR) is 165 cm³/mol. The fraction of sp³-hybridized carbons (Fsp3) is 0.600. The van der Waals surface area contributed by atoms with Crippen molar-refractivity contribution in [2.45, 2.75) is 70.8 Å². The maximum absolute atomic E-state index is 6.16. The van der Waals surface area contributed by atoms with Gasteiger partial charge in [0.15, 0.2) is 11.5 Å². The molecule has 8 heteroatoms. The predicted octanol–water partition coefficient (Wildman–Crippen LogP) is 7.17. The summed E-state index contributed by atoms with van der Waals surface area (Å²) >= 11 is 6.16. The molecule has 0 saturated carbocycles. The van der Waals surface area contributed by atoms with Crippen LogP contribution in [0.2, 0.25) is 5.02 Å². The van der Waals surface area contributed by atoms with Crippen LogP contribution in [0.25, 0.3) is 0 Å². The Bertz CT molecular complexity index is 945. The second-order valence-corrected chi connectivity index (χ2v) is 10.2. The summed E-state index contributed by atoms with van der Waals surface area (Å²) in [4.78, 5) is 2.73. The van der Waals surface area contributed by atoms with Crippen LogP contribution in [0.1, 0.15) is 62.1 Å². The van der Waals surface area contributed by atoms with Crippen molar-refractivity contribution in [3.8, 4) is 17.2 Å². The summed E-state index contributed by atoms with van der Waals surface area (Å²) in [5, 5.41) is 4.31. The molecular formula is C30H47Cl3N2O3.